The quantitative estimate of drug-likeness (QED) is 0.757. The van der Waals surface area contributed by atoms with E-state index in [9.17, 15) is 4.79 Å². The highest BCUT2D eigenvalue weighted by Crippen LogP contribution is 2.37. The van der Waals surface area contributed by atoms with Gasteiger partial charge in [-0.05, 0) is 33.1 Å². The lowest BCUT2D eigenvalue weighted by Crippen LogP contribution is -2.51. The molecular weight excluding hydrogens is 228 g/mol. The lowest BCUT2D eigenvalue weighted by Gasteiger charge is -2.40. The first-order valence-corrected chi connectivity index (χ1v) is 7.19. The summed E-state index contributed by atoms with van der Waals surface area (Å²) in [5.41, 5.74) is 5.57. The normalized spacial score (nSPS) is 18.9. The number of hydrogen-bond acceptors (Lipinski definition) is 3. The number of nitrogens with two attached hydrogens (primary N) is 1. The van der Waals surface area contributed by atoms with Crippen LogP contribution in [0.5, 0.6) is 0 Å². The molecule has 0 aromatic heterocycles. The summed E-state index contributed by atoms with van der Waals surface area (Å²) in [7, 11) is 0. The molecule has 0 bridgehead atoms. The van der Waals surface area contributed by atoms with Crippen LogP contribution in [0.1, 0.15) is 52.4 Å². The molecule has 0 heterocycles. The molecule has 0 aromatic carbocycles. The van der Waals surface area contributed by atoms with E-state index < -0.39 is 0 Å². The van der Waals surface area contributed by atoms with Gasteiger partial charge in [-0.1, -0.05) is 19.3 Å². The summed E-state index contributed by atoms with van der Waals surface area (Å²) < 4.78 is 0. The second kappa shape index (κ2) is 7.10. The van der Waals surface area contributed by atoms with Crippen LogP contribution < -0.4 is 5.73 Å². The first kappa shape index (κ1) is 15.4. The predicted octanol–water partition coefficient (Wildman–Crippen LogP) is 1.51. The number of aliphatic hydroxyl groups excluding tert-OH is 1. The van der Waals surface area contributed by atoms with Crippen molar-refractivity contribution in [1.82, 2.24) is 4.90 Å². The van der Waals surface area contributed by atoms with Gasteiger partial charge in [0.1, 0.15) is 0 Å². The highest BCUT2D eigenvalue weighted by molar-refractivity contribution is 5.83. The second-order valence-electron chi connectivity index (χ2n) is 5.71. The minimum absolute atomic E-state index is 0.131. The Labute approximate surface area is 111 Å². The Balaban J connectivity index is 2.78. The molecule has 1 amide bonds. The number of aliphatic hydroxyl groups is 1. The lowest BCUT2D eigenvalue weighted by molar-refractivity contribution is -0.145. The van der Waals surface area contributed by atoms with Crippen LogP contribution in [0.2, 0.25) is 0 Å². The van der Waals surface area contributed by atoms with Gasteiger partial charge in [-0.25, -0.2) is 0 Å². The average molecular weight is 256 g/mol. The van der Waals surface area contributed by atoms with E-state index >= 15 is 0 Å². The van der Waals surface area contributed by atoms with Gasteiger partial charge in [0.2, 0.25) is 5.91 Å². The molecule has 0 atom stereocenters. The van der Waals surface area contributed by atoms with E-state index in [0.29, 0.717) is 19.5 Å². The van der Waals surface area contributed by atoms with E-state index in [1.807, 2.05) is 18.7 Å². The fourth-order valence-electron chi connectivity index (χ4n) is 2.87. The predicted molar refractivity (Wildman–Crippen MR) is 73.1 cm³/mol. The van der Waals surface area contributed by atoms with Crippen LogP contribution in [0.4, 0.5) is 0 Å². The third-order valence-corrected chi connectivity index (χ3v) is 4.10. The maximum absolute atomic E-state index is 12.8. The van der Waals surface area contributed by atoms with Crippen LogP contribution >= 0.6 is 0 Å². The van der Waals surface area contributed by atoms with E-state index in [1.54, 1.807) is 0 Å². The third-order valence-electron chi connectivity index (χ3n) is 4.10. The Morgan fingerprint density at radius 1 is 1.33 bits per heavy atom. The highest BCUT2D eigenvalue weighted by atomic mass is 16.3. The number of carbonyl (C=O) groups is 1. The molecule has 1 fully saturated rings. The Morgan fingerprint density at radius 2 is 1.94 bits per heavy atom. The fourth-order valence-corrected chi connectivity index (χ4v) is 2.87. The van der Waals surface area contributed by atoms with E-state index in [0.717, 1.165) is 25.7 Å². The van der Waals surface area contributed by atoms with Crippen molar-refractivity contribution in [2.75, 3.05) is 19.7 Å². The molecule has 0 aliphatic heterocycles. The molecule has 1 aliphatic carbocycles. The molecule has 0 saturated heterocycles. The average Bonchev–Trinajstić information content (AvgIpc) is 2.39. The minimum Gasteiger partial charge on any atom is -0.396 e. The summed E-state index contributed by atoms with van der Waals surface area (Å²) in [6.07, 6.45) is 5.91. The van der Waals surface area contributed by atoms with Gasteiger partial charge < -0.3 is 15.7 Å². The van der Waals surface area contributed by atoms with Crippen LogP contribution in [-0.2, 0) is 4.79 Å². The molecule has 3 N–H and O–H groups in total. The summed E-state index contributed by atoms with van der Waals surface area (Å²) >= 11 is 0. The topological polar surface area (TPSA) is 66.6 Å². The van der Waals surface area contributed by atoms with E-state index in [2.05, 4.69) is 0 Å². The van der Waals surface area contributed by atoms with Crippen molar-refractivity contribution >= 4 is 5.91 Å². The van der Waals surface area contributed by atoms with Gasteiger partial charge >= 0.3 is 0 Å². The lowest BCUT2D eigenvalue weighted by atomic mass is 9.73. The van der Waals surface area contributed by atoms with Crippen molar-refractivity contribution < 1.29 is 9.90 Å². The number of rotatable bonds is 6. The van der Waals surface area contributed by atoms with Gasteiger partial charge in [-0.3, -0.25) is 4.79 Å². The molecule has 4 heteroatoms. The molecule has 0 unspecified atom stereocenters. The van der Waals surface area contributed by atoms with Crippen molar-refractivity contribution in [3.63, 3.8) is 0 Å². The Hall–Kier alpha value is -0.610. The maximum Gasteiger partial charge on any atom is 0.230 e. The summed E-state index contributed by atoms with van der Waals surface area (Å²) in [6.45, 7) is 5.28. The van der Waals surface area contributed by atoms with E-state index in [4.69, 9.17) is 10.8 Å². The maximum atomic E-state index is 12.8. The molecule has 1 rings (SSSR count). The Kier molecular flexibility index (Phi) is 6.09. The standard InChI is InChI=1S/C14H28N2O2/c1-12(2)16(9-6-10-17)13(18)14(11-15)7-4-3-5-8-14/h12,17H,3-11,15H2,1-2H3. The zero-order valence-electron chi connectivity index (χ0n) is 11.8. The fraction of sp³-hybridized carbons (Fsp3) is 0.929. The zero-order valence-corrected chi connectivity index (χ0v) is 11.8. The van der Waals surface area contributed by atoms with Crippen molar-refractivity contribution in [3.05, 3.63) is 0 Å². The van der Waals surface area contributed by atoms with Gasteiger partial charge in [0.25, 0.3) is 0 Å². The Bertz CT molecular complexity index is 261. The van der Waals surface area contributed by atoms with Crippen LogP contribution in [0.3, 0.4) is 0 Å². The van der Waals surface area contributed by atoms with Crippen LogP contribution in [0.15, 0.2) is 0 Å². The van der Waals surface area contributed by atoms with Crippen LogP contribution in [0.25, 0.3) is 0 Å². The molecule has 18 heavy (non-hydrogen) atoms. The van der Waals surface area contributed by atoms with Gasteiger partial charge in [0, 0.05) is 25.7 Å². The van der Waals surface area contributed by atoms with Gasteiger partial charge in [-0.15, -0.1) is 0 Å². The third kappa shape index (κ3) is 3.45. The van der Waals surface area contributed by atoms with Crippen molar-refractivity contribution in [3.8, 4) is 0 Å². The first-order chi connectivity index (χ1) is 8.57. The number of nitrogens with zero attached hydrogens (tertiary/aromatic N) is 1. The summed E-state index contributed by atoms with van der Waals surface area (Å²) in [5, 5.41) is 8.95. The van der Waals surface area contributed by atoms with Crippen LogP contribution in [0, 0.1) is 5.41 Å². The zero-order chi connectivity index (χ0) is 13.6. The minimum atomic E-state index is -0.335. The number of carbonyl (C=O) groups excluding carboxylic acids is 1. The molecule has 1 aliphatic rings. The molecule has 0 aromatic rings. The van der Waals surface area contributed by atoms with Gasteiger partial charge in [-0.2, -0.15) is 0 Å². The van der Waals surface area contributed by atoms with Crippen LogP contribution in [-0.4, -0.2) is 41.7 Å². The number of amides is 1. The van der Waals surface area contributed by atoms with E-state index in [1.165, 1.54) is 6.42 Å². The molecule has 4 nitrogen and oxygen atoms in total. The second-order valence-corrected chi connectivity index (χ2v) is 5.71. The first-order valence-electron chi connectivity index (χ1n) is 7.19. The summed E-state index contributed by atoms with van der Waals surface area (Å²) in [6, 6.07) is 0.175. The SMILES string of the molecule is CC(C)N(CCCO)C(=O)C1(CN)CCCCC1. The largest absolute Gasteiger partial charge is 0.396 e. The molecular formula is C14H28N2O2. The van der Waals surface area contributed by atoms with Gasteiger partial charge in [0.05, 0.1) is 5.41 Å². The smallest absolute Gasteiger partial charge is 0.230 e. The van der Waals surface area contributed by atoms with Crippen molar-refractivity contribution in [2.45, 2.75) is 58.4 Å². The molecule has 1 saturated carbocycles. The summed E-state index contributed by atoms with van der Waals surface area (Å²) in [5.74, 6) is 0.202. The number of hydrogen-bond donors (Lipinski definition) is 2. The monoisotopic (exact) mass is 256 g/mol. The highest BCUT2D eigenvalue weighted by Gasteiger charge is 2.41. The molecule has 0 spiro atoms. The van der Waals surface area contributed by atoms with Crippen molar-refractivity contribution in [1.29, 1.82) is 0 Å². The van der Waals surface area contributed by atoms with Gasteiger partial charge in [0.15, 0.2) is 0 Å². The molecule has 106 valence electrons. The molecule has 0 radical (unpaired) electrons. The summed E-state index contributed by atoms with van der Waals surface area (Å²) in [4.78, 5) is 14.7. The Morgan fingerprint density at radius 3 is 2.39 bits per heavy atom. The van der Waals surface area contributed by atoms with Crippen molar-refractivity contribution in [2.24, 2.45) is 11.1 Å². The van der Waals surface area contributed by atoms with E-state index in [-0.39, 0.29) is 24.0 Å².